The highest BCUT2D eigenvalue weighted by Crippen LogP contribution is 2.24. The molecule has 0 aliphatic carbocycles. The van der Waals surface area contributed by atoms with Crippen LogP contribution < -0.4 is 10.9 Å². The van der Waals surface area contributed by atoms with Crippen molar-refractivity contribution in [2.24, 2.45) is 7.05 Å². The standard InChI is InChI=1S/C30H23N7O2/c1-20(34-29(38)25-18-33-36-15-7-14-31-28(25)36)26-16-23-9-6-8-22(13-12-21-17-32-35(2)19-21)27(23)30(39)37(26)24-10-4-3-5-11-24/h3-11,14-20H,1-2H3,(H,34,38)/t20-/m1/s1. The summed E-state index contributed by atoms with van der Waals surface area (Å²) < 4.78 is 4.86. The zero-order valence-electron chi connectivity index (χ0n) is 21.2. The van der Waals surface area contributed by atoms with Crippen molar-refractivity contribution in [3.8, 4) is 17.5 Å². The van der Waals surface area contributed by atoms with Gasteiger partial charge in [-0.05, 0) is 42.6 Å². The molecule has 6 aromatic rings. The number of carbonyl (C=O) groups is 1. The predicted octanol–water partition coefficient (Wildman–Crippen LogP) is 3.66. The van der Waals surface area contributed by atoms with Crippen molar-refractivity contribution in [1.82, 2.24) is 34.3 Å². The molecule has 0 unspecified atom stereocenters. The average molecular weight is 514 g/mol. The largest absolute Gasteiger partial charge is 0.344 e. The van der Waals surface area contributed by atoms with E-state index >= 15 is 0 Å². The highest BCUT2D eigenvalue weighted by Gasteiger charge is 2.21. The van der Waals surface area contributed by atoms with Crippen molar-refractivity contribution in [3.05, 3.63) is 124 Å². The molecule has 0 saturated heterocycles. The van der Waals surface area contributed by atoms with Gasteiger partial charge in [-0.2, -0.15) is 10.2 Å². The lowest BCUT2D eigenvalue weighted by molar-refractivity contribution is 0.0940. The summed E-state index contributed by atoms with van der Waals surface area (Å²) in [5.41, 5.74) is 3.29. The van der Waals surface area contributed by atoms with E-state index in [-0.39, 0.29) is 11.5 Å². The van der Waals surface area contributed by atoms with Crippen LogP contribution in [-0.2, 0) is 7.05 Å². The van der Waals surface area contributed by atoms with Gasteiger partial charge in [-0.15, -0.1) is 0 Å². The van der Waals surface area contributed by atoms with Gasteiger partial charge in [-0.3, -0.25) is 18.8 Å². The van der Waals surface area contributed by atoms with E-state index < -0.39 is 6.04 Å². The molecular weight excluding hydrogens is 490 g/mol. The van der Waals surface area contributed by atoms with Crippen LogP contribution in [0.5, 0.6) is 0 Å². The first kappa shape index (κ1) is 23.9. The van der Waals surface area contributed by atoms with Gasteiger partial charge >= 0.3 is 0 Å². The molecular formula is C30H23N7O2. The summed E-state index contributed by atoms with van der Waals surface area (Å²) in [7, 11) is 1.83. The van der Waals surface area contributed by atoms with Crippen LogP contribution in [-0.4, -0.2) is 34.9 Å². The van der Waals surface area contributed by atoms with Gasteiger partial charge in [-0.25, -0.2) is 9.50 Å². The third-order valence-corrected chi connectivity index (χ3v) is 6.45. The van der Waals surface area contributed by atoms with Crippen LogP contribution in [0.3, 0.4) is 0 Å². The molecule has 9 nitrogen and oxygen atoms in total. The summed E-state index contributed by atoms with van der Waals surface area (Å²) in [6, 6.07) is 18.1. The van der Waals surface area contributed by atoms with Gasteiger partial charge in [0.1, 0.15) is 5.56 Å². The molecule has 4 heterocycles. The second-order valence-electron chi connectivity index (χ2n) is 9.11. The van der Waals surface area contributed by atoms with E-state index in [0.29, 0.717) is 33.5 Å². The van der Waals surface area contributed by atoms with Crippen LogP contribution in [0.4, 0.5) is 0 Å². The minimum absolute atomic E-state index is 0.219. The van der Waals surface area contributed by atoms with Crippen LogP contribution in [0.1, 0.15) is 40.1 Å². The second-order valence-corrected chi connectivity index (χ2v) is 9.11. The topological polar surface area (TPSA) is 99.1 Å². The molecule has 0 aliphatic rings. The van der Waals surface area contributed by atoms with E-state index in [2.05, 4.69) is 32.3 Å². The van der Waals surface area contributed by atoms with Crippen LogP contribution in [0, 0.1) is 11.8 Å². The number of rotatable bonds is 4. The number of nitrogens with one attached hydrogen (secondary N) is 1. The molecule has 4 aromatic heterocycles. The van der Waals surface area contributed by atoms with Crippen LogP contribution in [0.25, 0.3) is 22.1 Å². The number of amides is 1. The molecule has 0 aliphatic heterocycles. The van der Waals surface area contributed by atoms with Gasteiger partial charge in [0.15, 0.2) is 5.65 Å². The maximum atomic E-state index is 14.1. The van der Waals surface area contributed by atoms with Crippen LogP contribution >= 0.6 is 0 Å². The van der Waals surface area contributed by atoms with E-state index in [1.165, 1.54) is 6.20 Å². The minimum atomic E-state index is -0.515. The molecule has 0 bridgehead atoms. The summed E-state index contributed by atoms with van der Waals surface area (Å²) in [6.07, 6.45) is 8.34. The Bertz CT molecular complexity index is 1970. The zero-order valence-corrected chi connectivity index (χ0v) is 21.2. The molecule has 0 fully saturated rings. The average Bonchev–Trinajstić information content (AvgIpc) is 3.58. The Morgan fingerprint density at radius 3 is 2.64 bits per heavy atom. The van der Waals surface area contributed by atoms with Crippen molar-refractivity contribution in [2.45, 2.75) is 13.0 Å². The lowest BCUT2D eigenvalue weighted by Crippen LogP contribution is -2.32. The SMILES string of the molecule is C[C@@H](NC(=O)c1cnn2cccnc12)c1cc2cccc(C#Cc3cnn(C)c3)c2c(=O)n1-c1ccccc1. The smallest absolute Gasteiger partial charge is 0.264 e. The number of pyridine rings is 1. The first-order valence-electron chi connectivity index (χ1n) is 12.3. The summed E-state index contributed by atoms with van der Waals surface area (Å²) in [5.74, 6) is 5.92. The van der Waals surface area contributed by atoms with E-state index in [9.17, 15) is 9.59 Å². The Morgan fingerprint density at radius 1 is 1.00 bits per heavy atom. The molecule has 190 valence electrons. The van der Waals surface area contributed by atoms with Gasteiger partial charge in [0.25, 0.3) is 11.5 Å². The second kappa shape index (κ2) is 9.76. The first-order chi connectivity index (χ1) is 19.0. The fourth-order valence-electron chi connectivity index (χ4n) is 4.61. The number of fused-ring (bicyclic) bond motifs is 2. The highest BCUT2D eigenvalue weighted by atomic mass is 16.2. The maximum Gasteiger partial charge on any atom is 0.264 e. The van der Waals surface area contributed by atoms with Gasteiger partial charge in [0.05, 0.1) is 29.4 Å². The number of para-hydroxylation sites is 1. The maximum absolute atomic E-state index is 14.1. The molecule has 1 amide bonds. The molecule has 9 heteroatoms. The third kappa shape index (κ3) is 4.45. The molecule has 6 rings (SSSR count). The normalized spacial score (nSPS) is 11.7. The van der Waals surface area contributed by atoms with E-state index in [4.69, 9.17) is 0 Å². The molecule has 0 radical (unpaired) electrons. The van der Waals surface area contributed by atoms with Crippen molar-refractivity contribution in [1.29, 1.82) is 0 Å². The Labute approximate surface area is 223 Å². The van der Waals surface area contributed by atoms with E-state index in [0.717, 1.165) is 10.9 Å². The van der Waals surface area contributed by atoms with Gasteiger partial charge < -0.3 is 5.32 Å². The Balaban J connectivity index is 1.47. The number of nitrogens with zero attached hydrogens (tertiary/aromatic N) is 6. The van der Waals surface area contributed by atoms with Crippen molar-refractivity contribution in [3.63, 3.8) is 0 Å². The predicted molar refractivity (Wildman–Crippen MR) is 148 cm³/mol. The Morgan fingerprint density at radius 2 is 1.85 bits per heavy atom. The highest BCUT2D eigenvalue weighted by molar-refractivity contribution is 5.99. The fourth-order valence-corrected chi connectivity index (χ4v) is 4.61. The summed E-state index contributed by atoms with van der Waals surface area (Å²) in [6.45, 7) is 1.85. The van der Waals surface area contributed by atoms with Crippen LogP contribution in [0.2, 0.25) is 0 Å². The molecule has 0 spiro atoms. The fraction of sp³-hybridized carbons (Fsp3) is 0.100. The third-order valence-electron chi connectivity index (χ3n) is 6.45. The summed E-state index contributed by atoms with van der Waals surface area (Å²) >= 11 is 0. The van der Waals surface area contributed by atoms with Crippen molar-refractivity contribution < 1.29 is 4.79 Å². The summed E-state index contributed by atoms with van der Waals surface area (Å²) in [4.78, 5) is 31.7. The molecule has 2 aromatic carbocycles. The zero-order chi connectivity index (χ0) is 26.9. The number of hydrogen-bond donors (Lipinski definition) is 1. The van der Waals surface area contributed by atoms with Gasteiger partial charge in [-0.1, -0.05) is 42.2 Å². The first-order valence-corrected chi connectivity index (χ1v) is 12.3. The number of aromatic nitrogens is 6. The van der Waals surface area contributed by atoms with Gasteiger partial charge in [0.2, 0.25) is 0 Å². The molecule has 39 heavy (non-hydrogen) atoms. The van der Waals surface area contributed by atoms with Crippen molar-refractivity contribution >= 4 is 22.3 Å². The number of hydrogen-bond acceptors (Lipinski definition) is 5. The van der Waals surface area contributed by atoms with Crippen molar-refractivity contribution in [2.75, 3.05) is 0 Å². The molecule has 1 N–H and O–H groups in total. The summed E-state index contributed by atoms with van der Waals surface area (Å²) in [5, 5.41) is 12.6. The monoisotopic (exact) mass is 513 g/mol. The lowest BCUT2D eigenvalue weighted by Gasteiger charge is -2.21. The molecule has 1 atom stereocenters. The molecule has 0 saturated carbocycles. The van der Waals surface area contributed by atoms with Crippen LogP contribution in [0.15, 0.2) is 96.4 Å². The van der Waals surface area contributed by atoms with E-state index in [1.807, 2.05) is 74.8 Å². The lowest BCUT2D eigenvalue weighted by atomic mass is 10.0. The quantitative estimate of drug-likeness (QED) is 0.363. The van der Waals surface area contributed by atoms with Gasteiger partial charge in [0, 0.05) is 42.6 Å². The number of carbonyl (C=O) groups excluding carboxylic acids is 1. The number of aryl methyl sites for hydroxylation is 1. The number of benzene rings is 2. The Kier molecular flexibility index (Phi) is 5.98. The van der Waals surface area contributed by atoms with E-state index in [1.54, 1.807) is 38.4 Å². The Hall–Kier alpha value is -5.49. The minimum Gasteiger partial charge on any atom is -0.344 e.